The summed E-state index contributed by atoms with van der Waals surface area (Å²) >= 11 is 0. The van der Waals surface area contributed by atoms with Crippen molar-refractivity contribution in [1.29, 1.82) is 0 Å². The van der Waals surface area contributed by atoms with Crippen molar-refractivity contribution in [1.82, 2.24) is 19.8 Å². The van der Waals surface area contributed by atoms with Crippen molar-refractivity contribution in [3.8, 4) is 23.0 Å². The summed E-state index contributed by atoms with van der Waals surface area (Å²) < 4.78 is 46.9. The molecule has 0 saturated carbocycles. The van der Waals surface area contributed by atoms with E-state index in [1.54, 1.807) is 64.5 Å². The van der Waals surface area contributed by atoms with Gasteiger partial charge in [0.15, 0.2) is 11.5 Å². The van der Waals surface area contributed by atoms with E-state index in [-0.39, 0.29) is 4.91 Å². The zero-order chi connectivity index (χ0) is 29.9. The van der Waals surface area contributed by atoms with E-state index in [9.17, 15) is 8.42 Å². The lowest BCUT2D eigenvalue weighted by Crippen LogP contribution is -2.44. The summed E-state index contributed by atoms with van der Waals surface area (Å²) in [5.74, 6) is 2.58. The Morgan fingerprint density at radius 3 is 2.55 bits per heavy atom. The van der Waals surface area contributed by atoms with Crippen LogP contribution in [0.15, 0.2) is 59.3 Å². The van der Waals surface area contributed by atoms with Gasteiger partial charge in [-0.25, -0.2) is 8.42 Å². The Bertz CT molecular complexity index is 1560. The second-order valence-corrected chi connectivity index (χ2v) is 12.3. The van der Waals surface area contributed by atoms with Crippen LogP contribution in [0, 0.1) is 0 Å². The Morgan fingerprint density at radius 1 is 1.05 bits per heavy atom. The Morgan fingerprint density at radius 2 is 1.83 bits per heavy atom. The molecule has 1 aromatic heterocycles. The number of hydrogen-bond acceptors (Lipinski definition) is 10. The van der Waals surface area contributed by atoms with Crippen molar-refractivity contribution in [2.75, 3.05) is 65.3 Å². The summed E-state index contributed by atoms with van der Waals surface area (Å²) in [4.78, 5) is 15.0. The molecule has 0 bridgehead atoms. The van der Waals surface area contributed by atoms with Gasteiger partial charge in [0.2, 0.25) is 0 Å². The molecule has 3 aromatic rings. The smallest absolute Gasteiger partial charge is 0.263 e. The minimum Gasteiger partial charge on any atom is -0.493 e. The Kier molecular flexibility index (Phi) is 9.07. The van der Waals surface area contributed by atoms with Gasteiger partial charge in [-0.1, -0.05) is 6.07 Å². The van der Waals surface area contributed by atoms with E-state index < -0.39 is 16.1 Å². The number of sulfonamides is 1. The molecule has 1 saturated heterocycles. The number of methoxy groups -OCH3 is 1. The molecule has 1 N–H and O–H groups in total. The maximum atomic E-state index is 13.1. The lowest BCUT2D eigenvalue weighted by atomic mass is 10.1. The van der Waals surface area contributed by atoms with E-state index >= 15 is 0 Å². The molecule has 2 aliphatic heterocycles. The summed E-state index contributed by atoms with van der Waals surface area (Å²) in [6, 6.07) is 11.9. The minimum atomic E-state index is -3.84. The molecule has 12 heteroatoms. The Labute approximate surface area is 247 Å². The molecule has 0 radical (unpaired) electrons. The first-order chi connectivity index (χ1) is 20.1. The molecular formula is C30H39N5O6S. The second kappa shape index (κ2) is 12.7. The zero-order valence-electron chi connectivity index (χ0n) is 24.8. The van der Waals surface area contributed by atoms with Gasteiger partial charge in [-0.15, -0.1) is 5.06 Å². The molecule has 42 heavy (non-hydrogen) atoms. The average molecular weight is 598 g/mol. The number of aromatic nitrogens is 1. The van der Waals surface area contributed by atoms with Gasteiger partial charge in [0, 0.05) is 63.5 Å². The normalized spacial score (nSPS) is 18.7. The summed E-state index contributed by atoms with van der Waals surface area (Å²) in [6.45, 7) is 9.35. The quantitative estimate of drug-likeness (QED) is 0.322. The van der Waals surface area contributed by atoms with Crippen molar-refractivity contribution in [3.05, 3.63) is 59.3 Å². The molecule has 1 unspecified atom stereocenters. The SMILES string of the molecule is COc1cc2c(Oc3cccc(NS(=O)(=O)C4=C(C)ON(C)C4C)c3)ccnc2cc1OCCCN1CCN(C)CC1. The number of nitrogens with zero attached hydrogens (tertiary/aromatic N) is 4. The fourth-order valence-corrected chi connectivity index (χ4v) is 6.77. The highest BCUT2D eigenvalue weighted by atomic mass is 32.2. The summed E-state index contributed by atoms with van der Waals surface area (Å²) in [6.07, 6.45) is 2.59. The Hall–Kier alpha value is -3.58. The predicted molar refractivity (Wildman–Crippen MR) is 162 cm³/mol. The number of hydrogen-bond donors (Lipinski definition) is 1. The number of allylic oxidation sites excluding steroid dienone is 1. The van der Waals surface area contributed by atoms with E-state index in [1.165, 1.54) is 5.06 Å². The lowest BCUT2D eigenvalue weighted by molar-refractivity contribution is -0.0889. The Balaban J connectivity index is 1.28. The number of pyridine rings is 1. The number of rotatable bonds is 11. The standard InChI is InChI=1S/C30H39N5O6S/c1-21-30(22(2)41-34(21)4)42(36,37)32-23-8-6-9-24(18-23)40-27-10-11-31-26-20-29(28(38-5)19-25(26)27)39-17-7-12-35-15-13-33(3)14-16-35/h6,8-11,18-21,32H,7,12-17H2,1-5H3. The van der Waals surface area contributed by atoms with E-state index in [4.69, 9.17) is 19.0 Å². The predicted octanol–water partition coefficient (Wildman–Crippen LogP) is 4.29. The van der Waals surface area contributed by atoms with Crippen LogP contribution in [-0.2, 0) is 14.9 Å². The first-order valence-corrected chi connectivity index (χ1v) is 15.6. The maximum Gasteiger partial charge on any atom is 0.263 e. The van der Waals surface area contributed by atoms with Crippen molar-refractivity contribution in [3.63, 3.8) is 0 Å². The third-order valence-electron chi connectivity index (χ3n) is 7.62. The van der Waals surface area contributed by atoms with Crippen molar-refractivity contribution in [2.24, 2.45) is 0 Å². The second-order valence-electron chi connectivity index (χ2n) is 10.6. The minimum absolute atomic E-state index is 0.195. The largest absolute Gasteiger partial charge is 0.493 e. The number of nitrogens with one attached hydrogen (secondary N) is 1. The van der Waals surface area contributed by atoms with Gasteiger partial charge in [-0.05, 0) is 51.6 Å². The number of anilines is 1. The molecule has 226 valence electrons. The summed E-state index contributed by atoms with van der Waals surface area (Å²) in [5.41, 5.74) is 1.07. The van der Waals surface area contributed by atoms with Crippen molar-refractivity contribution >= 4 is 26.6 Å². The van der Waals surface area contributed by atoms with Crippen LogP contribution in [0.5, 0.6) is 23.0 Å². The van der Waals surface area contributed by atoms with Crippen LogP contribution in [0.3, 0.4) is 0 Å². The number of benzene rings is 2. The van der Waals surface area contributed by atoms with Gasteiger partial charge < -0.3 is 28.8 Å². The van der Waals surface area contributed by atoms with Crippen molar-refractivity contribution < 1.29 is 27.5 Å². The van der Waals surface area contributed by atoms with Crippen LogP contribution in [0.1, 0.15) is 20.3 Å². The number of ether oxygens (including phenoxy) is 3. The molecule has 0 amide bonds. The molecule has 1 atom stereocenters. The van der Waals surface area contributed by atoms with Gasteiger partial charge in [0.1, 0.15) is 22.2 Å². The molecule has 0 spiro atoms. The summed E-state index contributed by atoms with van der Waals surface area (Å²) in [5, 5.41) is 2.25. The summed E-state index contributed by atoms with van der Waals surface area (Å²) in [7, 11) is 1.62. The number of likely N-dealkylation sites (N-methyl/N-ethyl adjacent to an activating group) is 2. The van der Waals surface area contributed by atoms with Crippen molar-refractivity contribution in [2.45, 2.75) is 26.3 Å². The van der Waals surface area contributed by atoms with E-state index in [0.717, 1.165) is 44.5 Å². The maximum absolute atomic E-state index is 13.1. The van der Waals surface area contributed by atoms with Crippen LogP contribution in [-0.4, -0.2) is 94.8 Å². The van der Waals surface area contributed by atoms with Crippen LogP contribution in [0.25, 0.3) is 10.9 Å². The molecule has 2 aromatic carbocycles. The van der Waals surface area contributed by atoms with Crippen LogP contribution >= 0.6 is 0 Å². The lowest BCUT2D eigenvalue weighted by Gasteiger charge is -2.32. The van der Waals surface area contributed by atoms with Gasteiger partial charge >= 0.3 is 0 Å². The highest BCUT2D eigenvalue weighted by Crippen LogP contribution is 2.38. The average Bonchev–Trinajstić information content (AvgIpc) is 3.22. The van der Waals surface area contributed by atoms with E-state index in [1.807, 2.05) is 12.1 Å². The zero-order valence-corrected chi connectivity index (χ0v) is 25.6. The molecule has 0 aliphatic carbocycles. The molecule has 3 heterocycles. The first kappa shape index (κ1) is 29.9. The topological polar surface area (TPSA) is 106 Å². The van der Waals surface area contributed by atoms with Crippen LogP contribution < -0.4 is 18.9 Å². The highest BCUT2D eigenvalue weighted by Gasteiger charge is 2.36. The fraction of sp³-hybridized carbons (Fsp3) is 0.433. The molecular weight excluding hydrogens is 558 g/mol. The molecule has 11 nitrogen and oxygen atoms in total. The van der Waals surface area contributed by atoms with Gasteiger partial charge in [-0.2, -0.15) is 0 Å². The third kappa shape index (κ3) is 6.73. The van der Waals surface area contributed by atoms with E-state index in [0.29, 0.717) is 46.6 Å². The van der Waals surface area contributed by atoms with Crippen LogP contribution in [0.4, 0.5) is 5.69 Å². The molecule has 5 rings (SSSR count). The highest BCUT2D eigenvalue weighted by molar-refractivity contribution is 7.96. The number of fused-ring (bicyclic) bond motifs is 1. The number of piperazine rings is 1. The third-order valence-corrected chi connectivity index (χ3v) is 9.33. The van der Waals surface area contributed by atoms with Gasteiger partial charge in [0.25, 0.3) is 10.0 Å². The van der Waals surface area contributed by atoms with Crippen LogP contribution in [0.2, 0.25) is 0 Å². The molecule has 2 aliphatic rings. The number of hydroxylamine groups is 2. The monoisotopic (exact) mass is 597 g/mol. The van der Waals surface area contributed by atoms with Gasteiger partial charge in [-0.3, -0.25) is 9.71 Å². The molecule has 1 fully saturated rings. The fourth-order valence-electron chi connectivity index (χ4n) is 5.20. The first-order valence-electron chi connectivity index (χ1n) is 14.1. The van der Waals surface area contributed by atoms with E-state index in [2.05, 4.69) is 26.6 Å². The van der Waals surface area contributed by atoms with Gasteiger partial charge in [0.05, 0.1) is 31.0 Å².